The Bertz CT molecular complexity index is 1090. The summed E-state index contributed by atoms with van der Waals surface area (Å²) >= 11 is 1.41. The van der Waals surface area contributed by atoms with Crippen LogP contribution in [-0.4, -0.2) is 15.9 Å². The number of benzene rings is 2. The van der Waals surface area contributed by atoms with Gasteiger partial charge in [0.05, 0.1) is 23.3 Å². The maximum Gasteiger partial charge on any atom is 0.228 e. The number of pyridine rings is 1. The summed E-state index contributed by atoms with van der Waals surface area (Å²) in [5.74, 6) is -0.416. The lowest BCUT2D eigenvalue weighted by Gasteiger charge is -2.07. The number of carbonyl (C=O) groups excluding carboxylic acids is 1. The van der Waals surface area contributed by atoms with E-state index in [-0.39, 0.29) is 18.1 Å². The molecule has 0 fully saturated rings. The maximum atomic E-state index is 13.5. The van der Waals surface area contributed by atoms with Gasteiger partial charge in [0, 0.05) is 27.6 Å². The smallest absolute Gasteiger partial charge is 0.228 e. The third kappa shape index (κ3) is 4.01. The Balaban J connectivity index is 1.64. The normalized spacial score (nSPS) is 10.9. The molecule has 6 heteroatoms. The van der Waals surface area contributed by atoms with Crippen LogP contribution in [0, 0.1) is 5.82 Å². The minimum atomic E-state index is -0.285. The number of H-pyrrole nitrogens is 1. The molecule has 2 heterocycles. The number of aromatic nitrogens is 2. The van der Waals surface area contributed by atoms with Crippen LogP contribution < -0.4 is 5.32 Å². The number of rotatable bonds is 5. The van der Waals surface area contributed by atoms with E-state index in [1.54, 1.807) is 30.6 Å². The molecule has 4 rings (SSSR count). The standard InChI is InChI=1S/C21H16FN3OS/c22-14-5-3-7-16(11-14)27-21-18(17-8-1-2-9-19(17)25-21)12-20(26)24-15-6-4-10-23-13-15/h1-11,13,25H,12H2,(H,24,26). The number of aromatic amines is 1. The summed E-state index contributed by atoms with van der Waals surface area (Å²) in [7, 11) is 0. The lowest BCUT2D eigenvalue weighted by atomic mass is 10.1. The lowest BCUT2D eigenvalue weighted by molar-refractivity contribution is -0.115. The average Bonchev–Trinajstić information content (AvgIpc) is 3.00. The van der Waals surface area contributed by atoms with Crippen molar-refractivity contribution in [1.29, 1.82) is 0 Å². The van der Waals surface area contributed by atoms with Gasteiger partial charge in [-0.05, 0) is 36.4 Å². The van der Waals surface area contributed by atoms with Crippen molar-refractivity contribution in [3.05, 3.63) is 84.4 Å². The first-order chi connectivity index (χ1) is 13.2. The van der Waals surface area contributed by atoms with Crippen LogP contribution in [0.15, 0.2) is 83.0 Å². The third-order valence-electron chi connectivity index (χ3n) is 4.07. The predicted octanol–water partition coefficient (Wildman–Crippen LogP) is 5.03. The van der Waals surface area contributed by atoms with Gasteiger partial charge in [-0.1, -0.05) is 36.0 Å². The molecule has 0 radical (unpaired) electrons. The third-order valence-corrected chi connectivity index (χ3v) is 5.12. The van der Waals surface area contributed by atoms with E-state index in [0.29, 0.717) is 5.69 Å². The largest absolute Gasteiger partial charge is 0.349 e. The van der Waals surface area contributed by atoms with Crippen molar-refractivity contribution in [2.45, 2.75) is 16.3 Å². The van der Waals surface area contributed by atoms with Crippen LogP contribution in [0.3, 0.4) is 0 Å². The SMILES string of the molecule is O=C(Cc1c(Sc2cccc(F)c2)[nH]c2ccccc12)Nc1cccnc1. The fourth-order valence-electron chi connectivity index (χ4n) is 2.89. The first kappa shape index (κ1) is 17.3. The van der Waals surface area contributed by atoms with E-state index in [4.69, 9.17) is 0 Å². The molecule has 2 aromatic carbocycles. The van der Waals surface area contributed by atoms with E-state index in [9.17, 15) is 9.18 Å². The Labute approximate surface area is 159 Å². The molecular weight excluding hydrogens is 361 g/mol. The van der Waals surface area contributed by atoms with E-state index in [0.717, 1.165) is 26.4 Å². The molecule has 0 aliphatic carbocycles. The fraction of sp³-hybridized carbons (Fsp3) is 0.0476. The minimum Gasteiger partial charge on any atom is -0.349 e. The molecule has 1 amide bonds. The van der Waals surface area contributed by atoms with E-state index in [2.05, 4.69) is 15.3 Å². The summed E-state index contributed by atoms with van der Waals surface area (Å²) in [4.78, 5) is 20.7. The Morgan fingerprint density at radius 3 is 2.81 bits per heavy atom. The molecule has 27 heavy (non-hydrogen) atoms. The Hall–Kier alpha value is -3.12. The summed E-state index contributed by atoms with van der Waals surface area (Å²) in [6.45, 7) is 0. The van der Waals surface area contributed by atoms with Crippen LogP contribution in [0.25, 0.3) is 10.9 Å². The van der Waals surface area contributed by atoms with Gasteiger partial charge in [0.15, 0.2) is 0 Å². The van der Waals surface area contributed by atoms with Gasteiger partial charge >= 0.3 is 0 Å². The summed E-state index contributed by atoms with van der Waals surface area (Å²) in [5.41, 5.74) is 2.49. The molecule has 0 saturated carbocycles. The number of anilines is 1. The van der Waals surface area contributed by atoms with E-state index in [1.807, 2.05) is 30.3 Å². The maximum absolute atomic E-state index is 13.5. The minimum absolute atomic E-state index is 0.131. The number of carbonyl (C=O) groups is 1. The second kappa shape index (κ2) is 7.63. The summed E-state index contributed by atoms with van der Waals surface area (Å²) in [5, 5.41) is 4.68. The van der Waals surface area contributed by atoms with Crippen molar-refractivity contribution < 1.29 is 9.18 Å². The molecule has 0 unspecified atom stereocenters. The van der Waals surface area contributed by atoms with Crippen LogP contribution in [0.2, 0.25) is 0 Å². The molecular formula is C21H16FN3OS. The molecule has 4 aromatic rings. The number of halogens is 1. The molecule has 0 spiro atoms. The van der Waals surface area contributed by atoms with Gasteiger partial charge in [-0.15, -0.1) is 0 Å². The number of hydrogen-bond donors (Lipinski definition) is 2. The number of amides is 1. The summed E-state index contributed by atoms with van der Waals surface area (Å²) < 4.78 is 13.5. The van der Waals surface area contributed by atoms with Gasteiger partial charge in [-0.3, -0.25) is 9.78 Å². The summed E-state index contributed by atoms with van der Waals surface area (Å²) in [6, 6.07) is 17.8. The van der Waals surface area contributed by atoms with Gasteiger partial charge in [0.2, 0.25) is 5.91 Å². The predicted molar refractivity (Wildman–Crippen MR) is 105 cm³/mol. The second-order valence-electron chi connectivity index (χ2n) is 6.00. The first-order valence-corrected chi connectivity index (χ1v) is 9.23. The monoisotopic (exact) mass is 377 g/mol. The van der Waals surface area contributed by atoms with Crippen LogP contribution in [0.5, 0.6) is 0 Å². The zero-order valence-corrected chi connectivity index (χ0v) is 15.1. The van der Waals surface area contributed by atoms with Crippen molar-refractivity contribution in [2.24, 2.45) is 0 Å². The Morgan fingerprint density at radius 1 is 1.11 bits per heavy atom. The van der Waals surface area contributed by atoms with E-state index in [1.165, 1.54) is 23.9 Å². The molecule has 0 aliphatic heterocycles. The van der Waals surface area contributed by atoms with Gasteiger partial charge in [-0.25, -0.2) is 4.39 Å². The van der Waals surface area contributed by atoms with Crippen LogP contribution >= 0.6 is 11.8 Å². The summed E-state index contributed by atoms with van der Waals surface area (Å²) in [6.07, 6.45) is 3.47. The van der Waals surface area contributed by atoms with Crippen LogP contribution in [-0.2, 0) is 11.2 Å². The second-order valence-corrected chi connectivity index (χ2v) is 7.09. The van der Waals surface area contributed by atoms with E-state index >= 15 is 0 Å². The first-order valence-electron chi connectivity index (χ1n) is 8.42. The molecule has 2 N–H and O–H groups in total. The topological polar surface area (TPSA) is 57.8 Å². The molecule has 0 aliphatic rings. The van der Waals surface area contributed by atoms with Crippen molar-refractivity contribution >= 4 is 34.3 Å². The number of para-hydroxylation sites is 1. The molecule has 134 valence electrons. The Morgan fingerprint density at radius 2 is 2.00 bits per heavy atom. The highest BCUT2D eigenvalue weighted by Crippen LogP contribution is 2.35. The van der Waals surface area contributed by atoms with Crippen molar-refractivity contribution in [1.82, 2.24) is 9.97 Å². The fourth-order valence-corrected chi connectivity index (χ4v) is 3.91. The molecule has 2 aromatic heterocycles. The highest BCUT2D eigenvalue weighted by molar-refractivity contribution is 7.99. The van der Waals surface area contributed by atoms with Crippen LogP contribution in [0.4, 0.5) is 10.1 Å². The highest BCUT2D eigenvalue weighted by atomic mass is 32.2. The van der Waals surface area contributed by atoms with Gasteiger partial charge < -0.3 is 10.3 Å². The van der Waals surface area contributed by atoms with E-state index < -0.39 is 0 Å². The van der Waals surface area contributed by atoms with Crippen LogP contribution in [0.1, 0.15) is 5.56 Å². The average molecular weight is 377 g/mol. The zero-order chi connectivity index (χ0) is 18.6. The Kier molecular flexibility index (Phi) is 4.89. The molecule has 0 bridgehead atoms. The van der Waals surface area contributed by atoms with Crippen molar-refractivity contribution in [2.75, 3.05) is 5.32 Å². The number of nitrogens with one attached hydrogen (secondary N) is 2. The van der Waals surface area contributed by atoms with Gasteiger partial charge in [0.25, 0.3) is 0 Å². The van der Waals surface area contributed by atoms with Gasteiger partial charge in [-0.2, -0.15) is 0 Å². The number of hydrogen-bond acceptors (Lipinski definition) is 3. The molecule has 0 saturated heterocycles. The molecule has 0 atom stereocenters. The van der Waals surface area contributed by atoms with Crippen molar-refractivity contribution in [3.8, 4) is 0 Å². The highest BCUT2D eigenvalue weighted by Gasteiger charge is 2.16. The van der Waals surface area contributed by atoms with Gasteiger partial charge in [0.1, 0.15) is 5.82 Å². The quantitative estimate of drug-likeness (QED) is 0.513. The zero-order valence-electron chi connectivity index (χ0n) is 14.3. The lowest BCUT2D eigenvalue weighted by Crippen LogP contribution is -2.14. The number of fused-ring (bicyclic) bond motifs is 1. The molecule has 4 nitrogen and oxygen atoms in total. The van der Waals surface area contributed by atoms with Crippen molar-refractivity contribution in [3.63, 3.8) is 0 Å². The number of nitrogens with zero attached hydrogens (tertiary/aromatic N) is 1.